The minimum atomic E-state index is -0.504. The number of nitrogens with zero attached hydrogens (tertiary/aromatic N) is 2. The molecule has 31 heavy (non-hydrogen) atoms. The number of halogens is 2. The number of likely N-dealkylation sites (tertiary alicyclic amines) is 1. The summed E-state index contributed by atoms with van der Waals surface area (Å²) >= 11 is 0. The quantitative estimate of drug-likeness (QED) is 0.678. The number of piperidine rings is 2. The van der Waals surface area contributed by atoms with Crippen LogP contribution in [-0.2, 0) is 17.9 Å². The lowest BCUT2D eigenvalue weighted by atomic mass is 9.79. The number of aromatic nitrogens is 1. The molecule has 5 nitrogen and oxygen atoms in total. The fourth-order valence-electron chi connectivity index (χ4n) is 4.93. The Labute approximate surface area is 182 Å². The minimum absolute atomic E-state index is 0.0116. The van der Waals surface area contributed by atoms with E-state index in [9.17, 15) is 13.6 Å². The predicted octanol–water partition coefficient (Wildman–Crippen LogP) is 3.26. The predicted molar refractivity (Wildman–Crippen MR) is 115 cm³/mol. The summed E-state index contributed by atoms with van der Waals surface area (Å²) in [6, 6.07) is 7.81. The van der Waals surface area contributed by atoms with Gasteiger partial charge in [-0.1, -0.05) is 6.07 Å². The molecule has 2 unspecified atom stereocenters. The monoisotopic (exact) mass is 428 g/mol. The van der Waals surface area contributed by atoms with Gasteiger partial charge in [0.05, 0.1) is 0 Å². The third-order valence-electron chi connectivity index (χ3n) is 6.41. The van der Waals surface area contributed by atoms with Crippen LogP contribution in [0.5, 0.6) is 0 Å². The SMILES string of the molecule is O=C(CCC[C@H]1NCC2CC1CN(Cc1cccnc1)C2)NCc1cc(F)ccc1F. The Morgan fingerprint density at radius 2 is 2.16 bits per heavy atom. The molecular formula is C24H30F2N4O. The fourth-order valence-corrected chi connectivity index (χ4v) is 4.93. The van der Waals surface area contributed by atoms with Crippen LogP contribution in [-0.4, -0.2) is 41.5 Å². The van der Waals surface area contributed by atoms with E-state index in [1.165, 1.54) is 12.0 Å². The first-order valence-electron chi connectivity index (χ1n) is 11.1. The van der Waals surface area contributed by atoms with Gasteiger partial charge in [0.25, 0.3) is 0 Å². The van der Waals surface area contributed by atoms with Crippen molar-refractivity contribution in [2.45, 2.75) is 44.8 Å². The Bertz CT molecular complexity index is 879. The molecule has 0 saturated carbocycles. The van der Waals surface area contributed by atoms with E-state index in [0.29, 0.717) is 24.3 Å². The van der Waals surface area contributed by atoms with Crippen LogP contribution in [0, 0.1) is 23.5 Å². The van der Waals surface area contributed by atoms with Crippen molar-refractivity contribution in [3.05, 3.63) is 65.5 Å². The summed E-state index contributed by atoms with van der Waals surface area (Å²) in [6.45, 7) is 4.15. The van der Waals surface area contributed by atoms with Crippen molar-refractivity contribution in [2.24, 2.45) is 11.8 Å². The number of pyridine rings is 1. The van der Waals surface area contributed by atoms with Crippen molar-refractivity contribution in [3.8, 4) is 0 Å². The summed E-state index contributed by atoms with van der Waals surface area (Å²) < 4.78 is 26.9. The maximum Gasteiger partial charge on any atom is 0.220 e. The highest BCUT2D eigenvalue weighted by atomic mass is 19.1. The second-order valence-corrected chi connectivity index (χ2v) is 8.84. The van der Waals surface area contributed by atoms with E-state index >= 15 is 0 Å². The van der Waals surface area contributed by atoms with Crippen LogP contribution in [0.1, 0.15) is 36.8 Å². The molecule has 2 aromatic rings. The highest BCUT2D eigenvalue weighted by Gasteiger charge is 2.36. The lowest BCUT2D eigenvalue weighted by Gasteiger charge is -2.46. The van der Waals surface area contributed by atoms with Gasteiger partial charge in [-0.2, -0.15) is 0 Å². The number of nitrogens with one attached hydrogen (secondary N) is 2. The highest BCUT2D eigenvalue weighted by molar-refractivity contribution is 5.75. The fraction of sp³-hybridized carbons (Fsp3) is 0.500. The van der Waals surface area contributed by atoms with Crippen LogP contribution in [0.4, 0.5) is 8.78 Å². The molecule has 3 heterocycles. The number of fused-ring (bicyclic) bond motifs is 2. The largest absolute Gasteiger partial charge is 0.352 e. The van der Waals surface area contributed by atoms with Gasteiger partial charge in [-0.25, -0.2) is 8.78 Å². The summed E-state index contributed by atoms with van der Waals surface area (Å²) in [7, 11) is 0. The summed E-state index contributed by atoms with van der Waals surface area (Å²) in [5.41, 5.74) is 1.42. The molecule has 0 aliphatic carbocycles. The molecule has 2 fully saturated rings. The van der Waals surface area contributed by atoms with Gasteiger partial charge in [0.2, 0.25) is 5.91 Å². The third-order valence-corrected chi connectivity index (χ3v) is 6.41. The Hall–Kier alpha value is -2.38. The van der Waals surface area contributed by atoms with Crippen molar-refractivity contribution >= 4 is 5.91 Å². The molecule has 1 aromatic heterocycles. The first-order chi connectivity index (χ1) is 15.1. The van der Waals surface area contributed by atoms with Gasteiger partial charge in [0.15, 0.2) is 0 Å². The van der Waals surface area contributed by atoms with Gasteiger partial charge in [-0.05, 0) is 67.5 Å². The van der Waals surface area contributed by atoms with Crippen molar-refractivity contribution in [3.63, 3.8) is 0 Å². The van der Waals surface area contributed by atoms with E-state index in [1.807, 2.05) is 12.3 Å². The number of amides is 1. The van der Waals surface area contributed by atoms with Gasteiger partial charge >= 0.3 is 0 Å². The van der Waals surface area contributed by atoms with Crippen molar-refractivity contribution in [2.75, 3.05) is 19.6 Å². The lowest BCUT2D eigenvalue weighted by Crippen LogP contribution is -2.55. The molecule has 2 bridgehead atoms. The molecule has 1 amide bonds. The number of hydrogen-bond donors (Lipinski definition) is 2. The van der Waals surface area contributed by atoms with Crippen LogP contribution < -0.4 is 10.6 Å². The Morgan fingerprint density at radius 1 is 1.26 bits per heavy atom. The summed E-state index contributed by atoms with van der Waals surface area (Å²) in [4.78, 5) is 18.9. The molecule has 3 atom stereocenters. The van der Waals surface area contributed by atoms with Gasteiger partial charge < -0.3 is 10.6 Å². The zero-order valence-corrected chi connectivity index (χ0v) is 17.7. The maximum absolute atomic E-state index is 13.7. The van der Waals surface area contributed by atoms with Crippen LogP contribution in [0.3, 0.4) is 0 Å². The van der Waals surface area contributed by atoms with Crippen LogP contribution >= 0.6 is 0 Å². The van der Waals surface area contributed by atoms with E-state index in [1.54, 1.807) is 6.20 Å². The van der Waals surface area contributed by atoms with Crippen molar-refractivity contribution in [1.29, 1.82) is 0 Å². The molecule has 1 aromatic carbocycles. The molecule has 7 heteroatoms. The van der Waals surface area contributed by atoms with Gasteiger partial charge in [-0.3, -0.25) is 14.7 Å². The topological polar surface area (TPSA) is 57.3 Å². The number of benzene rings is 1. The molecule has 2 aliphatic heterocycles. The van der Waals surface area contributed by atoms with E-state index in [-0.39, 0.29) is 18.0 Å². The lowest BCUT2D eigenvalue weighted by molar-refractivity contribution is -0.121. The van der Waals surface area contributed by atoms with E-state index in [2.05, 4.69) is 26.6 Å². The maximum atomic E-state index is 13.7. The average molecular weight is 429 g/mol. The smallest absolute Gasteiger partial charge is 0.220 e. The standard InChI is InChI=1S/C24H30F2N4O/c25-21-6-7-22(26)19(10-21)13-29-24(31)5-1-4-23-20-9-18(12-28-23)15-30(16-20)14-17-3-2-8-27-11-17/h2-3,6-8,10-11,18,20,23,28H,1,4-5,9,12-16H2,(H,29,31)/t18?,20?,23-/m1/s1. The second kappa shape index (κ2) is 10.3. The van der Waals surface area contributed by atoms with Gasteiger partial charge in [-0.15, -0.1) is 0 Å². The summed E-state index contributed by atoms with van der Waals surface area (Å²) in [5, 5.41) is 6.39. The van der Waals surface area contributed by atoms with Crippen LogP contribution in [0.2, 0.25) is 0 Å². The van der Waals surface area contributed by atoms with Crippen LogP contribution in [0.15, 0.2) is 42.7 Å². The molecule has 2 N–H and O–H groups in total. The van der Waals surface area contributed by atoms with Crippen molar-refractivity contribution < 1.29 is 13.6 Å². The molecule has 4 rings (SSSR count). The Kier molecular flexibility index (Phi) is 7.25. The molecule has 2 saturated heterocycles. The minimum Gasteiger partial charge on any atom is -0.352 e. The number of rotatable bonds is 8. The molecule has 166 valence electrons. The number of carbonyl (C=O) groups excluding carboxylic acids is 1. The zero-order valence-electron chi connectivity index (χ0n) is 17.7. The summed E-state index contributed by atoms with van der Waals surface area (Å²) in [6.07, 6.45) is 7.10. The summed E-state index contributed by atoms with van der Waals surface area (Å²) in [5.74, 6) is 0.136. The van der Waals surface area contributed by atoms with Crippen LogP contribution in [0.25, 0.3) is 0 Å². The number of hydrogen-bond acceptors (Lipinski definition) is 4. The van der Waals surface area contributed by atoms with Crippen molar-refractivity contribution in [1.82, 2.24) is 20.5 Å². The molecular weight excluding hydrogens is 398 g/mol. The first-order valence-corrected chi connectivity index (χ1v) is 11.1. The normalized spacial score (nSPS) is 23.5. The Morgan fingerprint density at radius 3 is 3.00 bits per heavy atom. The molecule has 0 spiro atoms. The zero-order chi connectivity index (χ0) is 21.6. The number of carbonyl (C=O) groups is 1. The van der Waals surface area contributed by atoms with Gasteiger partial charge in [0, 0.05) is 56.6 Å². The second-order valence-electron chi connectivity index (χ2n) is 8.84. The third kappa shape index (κ3) is 6.08. The Balaban J connectivity index is 1.20. The first kappa shape index (κ1) is 21.8. The van der Waals surface area contributed by atoms with E-state index < -0.39 is 11.6 Å². The molecule has 2 aliphatic rings. The molecule has 0 radical (unpaired) electrons. The average Bonchev–Trinajstić information content (AvgIpc) is 2.76. The van der Waals surface area contributed by atoms with E-state index in [0.717, 1.165) is 57.2 Å². The van der Waals surface area contributed by atoms with E-state index in [4.69, 9.17) is 0 Å². The van der Waals surface area contributed by atoms with Gasteiger partial charge in [0.1, 0.15) is 11.6 Å². The highest BCUT2D eigenvalue weighted by Crippen LogP contribution is 2.31.